The Hall–Kier alpha value is -3.33. The monoisotopic (exact) mass is 332 g/mol. The number of fused-ring (bicyclic) bond motifs is 3. The lowest BCUT2D eigenvalue weighted by Crippen LogP contribution is -2.37. The fourth-order valence-corrected chi connectivity index (χ4v) is 3.32. The molecule has 4 rings (SSSR count). The number of ether oxygens (including phenoxy) is 1. The Bertz CT molecular complexity index is 1000. The molecule has 0 saturated carbocycles. The predicted molar refractivity (Wildman–Crippen MR) is 93.2 cm³/mol. The first-order valence-electron chi connectivity index (χ1n) is 8.13. The summed E-state index contributed by atoms with van der Waals surface area (Å²) in [6.07, 6.45) is 0. The summed E-state index contributed by atoms with van der Waals surface area (Å²) in [6.45, 7) is 2.47. The van der Waals surface area contributed by atoms with Crippen molar-refractivity contribution in [1.82, 2.24) is 9.55 Å². The standard InChI is InChI=1S/C19H16N4O2/c1-2-25-13-7-5-6-12(10-13)17-14(11-20)18(24)22-19-21-15-8-3-4-9-16(15)23(17)19/h3-10,14,17H,2H2,1H3,(H,21,22,24)/t14-,17+/m0/s1. The fraction of sp³-hybridized carbons (Fsp3) is 0.211. The van der Waals surface area contributed by atoms with E-state index in [0.29, 0.717) is 18.3 Å². The van der Waals surface area contributed by atoms with Crippen LogP contribution in [0.1, 0.15) is 18.5 Å². The third-order valence-corrected chi connectivity index (χ3v) is 4.36. The van der Waals surface area contributed by atoms with Crippen LogP contribution in [0.15, 0.2) is 48.5 Å². The van der Waals surface area contributed by atoms with Crippen molar-refractivity contribution in [2.75, 3.05) is 11.9 Å². The van der Waals surface area contributed by atoms with E-state index >= 15 is 0 Å². The highest BCUT2D eigenvalue weighted by Crippen LogP contribution is 2.38. The first kappa shape index (κ1) is 15.2. The molecular weight excluding hydrogens is 316 g/mol. The average Bonchev–Trinajstić information content (AvgIpc) is 2.98. The van der Waals surface area contributed by atoms with Crippen molar-refractivity contribution >= 4 is 22.9 Å². The van der Waals surface area contributed by atoms with Crippen molar-refractivity contribution in [3.63, 3.8) is 0 Å². The number of nitrogens with zero attached hydrogens (tertiary/aromatic N) is 3. The molecule has 6 heteroatoms. The SMILES string of the molecule is CCOc1cccc([C@@H]2[C@H](C#N)C(=O)Nc3nc4ccccc4n32)c1. The number of benzene rings is 2. The number of imidazole rings is 1. The number of aromatic nitrogens is 2. The lowest BCUT2D eigenvalue weighted by molar-refractivity contribution is -0.119. The quantitative estimate of drug-likeness (QED) is 0.799. The number of hydrogen-bond acceptors (Lipinski definition) is 4. The van der Waals surface area contributed by atoms with E-state index < -0.39 is 12.0 Å². The normalized spacial score (nSPS) is 19.1. The molecule has 2 atom stereocenters. The Morgan fingerprint density at radius 1 is 1.28 bits per heavy atom. The van der Waals surface area contributed by atoms with Gasteiger partial charge >= 0.3 is 0 Å². The van der Waals surface area contributed by atoms with Gasteiger partial charge < -0.3 is 9.30 Å². The second-order valence-corrected chi connectivity index (χ2v) is 5.84. The van der Waals surface area contributed by atoms with Gasteiger partial charge in [0.25, 0.3) is 0 Å². The maximum Gasteiger partial charge on any atom is 0.246 e. The molecule has 0 saturated heterocycles. The number of anilines is 1. The smallest absolute Gasteiger partial charge is 0.246 e. The molecule has 1 N–H and O–H groups in total. The summed E-state index contributed by atoms with van der Waals surface area (Å²) >= 11 is 0. The van der Waals surface area contributed by atoms with Crippen molar-refractivity contribution in [2.45, 2.75) is 13.0 Å². The van der Waals surface area contributed by atoms with Crippen LogP contribution in [-0.4, -0.2) is 22.1 Å². The van der Waals surface area contributed by atoms with Crippen LogP contribution >= 0.6 is 0 Å². The average molecular weight is 332 g/mol. The first-order chi connectivity index (χ1) is 12.2. The van der Waals surface area contributed by atoms with E-state index in [1.165, 1.54) is 0 Å². The summed E-state index contributed by atoms with van der Waals surface area (Å²) < 4.78 is 7.51. The summed E-state index contributed by atoms with van der Waals surface area (Å²) in [5, 5.41) is 12.4. The van der Waals surface area contributed by atoms with Gasteiger partial charge in [-0.15, -0.1) is 0 Å². The summed E-state index contributed by atoms with van der Waals surface area (Å²) in [5.41, 5.74) is 2.50. The molecule has 1 aromatic heterocycles. The Kier molecular flexibility index (Phi) is 3.62. The highest BCUT2D eigenvalue weighted by molar-refractivity contribution is 5.97. The Morgan fingerprint density at radius 2 is 2.12 bits per heavy atom. The van der Waals surface area contributed by atoms with E-state index in [4.69, 9.17) is 4.74 Å². The van der Waals surface area contributed by atoms with Gasteiger partial charge in [-0.3, -0.25) is 10.1 Å². The van der Waals surface area contributed by atoms with Gasteiger partial charge in [0.1, 0.15) is 5.75 Å². The van der Waals surface area contributed by atoms with Crippen LogP contribution in [0.5, 0.6) is 5.75 Å². The molecular formula is C19H16N4O2. The Morgan fingerprint density at radius 3 is 2.92 bits per heavy atom. The van der Waals surface area contributed by atoms with Crippen LogP contribution in [-0.2, 0) is 4.79 Å². The van der Waals surface area contributed by atoms with Gasteiger partial charge in [0.2, 0.25) is 11.9 Å². The van der Waals surface area contributed by atoms with Crippen LogP contribution in [0.25, 0.3) is 11.0 Å². The molecule has 0 bridgehead atoms. The third kappa shape index (κ3) is 2.41. The minimum absolute atomic E-state index is 0.336. The zero-order chi connectivity index (χ0) is 17.4. The second-order valence-electron chi connectivity index (χ2n) is 5.84. The molecule has 0 unspecified atom stereocenters. The number of rotatable bonds is 3. The van der Waals surface area contributed by atoms with Crippen molar-refractivity contribution in [1.29, 1.82) is 5.26 Å². The van der Waals surface area contributed by atoms with E-state index in [2.05, 4.69) is 16.4 Å². The molecule has 1 aliphatic rings. The molecule has 1 amide bonds. The predicted octanol–water partition coefficient (Wildman–Crippen LogP) is 3.12. The lowest BCUT2D eigenvalue weighted by Gasteiger charge is -2.30. The van der Waals surface area contributed by atoms with Gasteiger partial charge in [0.05, 0.1) is 29.8 Å². The number of para-hydroxylation sites is 2. The number of carbonyl (C=O) groups excluding carboxylic acids is 1. The topological polar surface area (TPSA) is 79.9 Å². The molecule has 1 aliphatic heterocycles. The third-order valence-electron chi connectivity index (χ3n) is 4.36. The van der Waals surface area contributed by atoms with Crippen LogP contribution in [0.2, 0.25) is 0 Å². The summed E-state index contributed by atoms with van der Waals surface area (Å²) in [7, 11) is 0. The zero-order valence-corrected chi connectivity index (χ0v) is 13.6. The molecule has 124 valence electrons. The van der Waals surface area contributed by atoms with Gasteiger partial charge in [-0.2, -0.15) is 5.26 Å². The van der Waals surface area contributed by atoms with Crippen molar-refractivity contribution < 1.29 is 9.53 Å². The van der Waals surface area contributed by atoms with E-state index in [1.54, 1.807) is 0 Å². The fourth-order valence-electron chi connectivity index (χ4n) is 3.32. The zero-order valence-electron chi connectivity index (χ0n) is 13.6. The molecule has 0 radical (unpaired) electrons. The minimum atomic E-state index is -0.845. The highest BCUT2D eigenvalue weighted by atomic mass is 16.5. The molecule has 2 heterocycles. The Labute approximate surface area is 144 Å². The molecule has 25 heavy (non-hydrogen) atoms. The molecule has 0 fully saturated rings. The van der Waals surface area contributed by atoms with Crippen molar-refractivity contribution in [3.8, 4) is 11.8 Å². The van der Waals surface area contributed by atoms with Gasteiger partial charge in [0, 0.05) is 0 Å². The summed E-state index contributed by atoms with van der Waals surface area (Å²) in [5.74, 6) is -0.00254. The maximum absolute atomic E-state index is 12.4. The van der Waals surface area contributed by atoms with Crippen LogP contribution < -0.4 is 10.1 Å². The molecule has 2 aromatic carbocycles. The number of hydrogen-bond donors (Lipinski definition) is 1. The first-order valence-corrected chi connectivity index (χ1v) is 8.13. The van der Waals surface area contributed by atoms with E-state index in [0.717, 1.165) is 16.6 Å². The van der Waals surface area contributed by atoms with Crippen molar-refractivity contribution in [3.05, 3.63) is 54.1 Å². The lowest BCUT2D eigenvalue weighted by atomic mass is 9.91. The van der Waals surface area contributed by atoms with Gasteiger partial charge in [-0.1, -0.05) is 24.3 Å². The van der Waals surface area contributed by atoms with Crippen molar-refractivity contribution in [2.24, 2.45) is 5.92 Å². The van der Waals surface area contributed by atoms with E-state index in [9.17, 15) is 10.1 Å². The van der Waals surface area contributed by atoms with Crippen LogP contribution in [0, 0.1) is 17.2 Å². The second kappa shape index (κ2) is 5.95. The van der Waals surface area contributed by atoms with E-state index in [1.807, 2.05) is 60.0 Å². The van der Waals surface area contributed by atoms with Crippen LogP contribution in [0.4, 0.5) is 5.95 Å². The largest absolute Gasteiger partial charge is 0.494 e. The van der Waals surface area contributed by atoms with Gasteiger partial charge in [-0.05, 0) is 36.8 Å². The Balaban J connectivity index is 1.95. The number of amides is 1. The van der Waals surface area contributed by atoms with Gasteiger partial charge in [0.15, 0.2) is 5.92 Å². The highest BCUT2D eigenvalue weighted by Gasteiger charge is 2.38. The van der Waals surface area contributed by atoms with Gasteiger partial charge in [-0.25, -0.2) is 4.98 Å². The molecule has 0 spiro atoms. The summed E-state index contributed by atoms with van der Waals surface area (Å²) in [6, 6.07) is 16.9. The molecule has 6 nitrogen and oxygen atoms in total. The molecule has 0 aliphatic carbocycles. The number of carbonyl (C=O) groups is 1. The number of nitrogens with one attached hydrogen (secondary N) is 1. The maximum atomic E-state index is 12.4. The van der Waals surface area contributed by atoms with E-state index in [-0.39, 0.29) is 5.91 Å². The minimum Gasteiger partial charge on any atom is -0.494 e. The summed E-state index contributed by atoms with van der Waals surface area (Å²) in [4.78, 5) is 16.9. The number of nitriles is 1. The molecule has 3 aromatic rings. The van der Waals surface area contributed by atoms with Crippen LogP contribution in [0.3, 0.4) is 0 Å².